The Morgan fingerprint density at radius 1 is 1.69 bits per heavy atom. The van der Waals surface area contributed by atoms with Crippen molar-refractivity contribution in [2.45, 2.75) is 25.5 Å². The van der Waals surface area contributed by atoms with Gasteiger partial charge in [-0.2, -0.15) is 5.26 Å². The summed E-state index contributed by atoms with van der Waals surface area (Å²) in [4.78, 5) is 2.02. The van der Waals surface area contributed by atoms with Gasteiger partial charge < -0.3 is 10.4 Å². The van der Waals surface area contributed by atoms with E-state index in [4.69, 9.17) is 5.26 Å². The maximum absolute atomic E-state index is 9.61. The van der Waals surface area contributed by atoms with E-state index in [0.29, 0.717) is 13.1 Å². The number of rotatable bonds is 2. The first-order valence-electron chi connectivity index (χ1n) is 4.60. The third-order valence-corrected chi connectivity index (χ3v) is 2.09. The van der Waals surface area contributed by atoms with Gasteiger partial charge in [0, 0.05) is 26.2 Å². The van der Waals surface area contributed by atoms with Crippen LogP contribution in [0, 0.1) is 11.3 Å². The molecule has 0 spiro atoms. The Bertz CT molecular complexity index is 204. The highest BCUT2D eigenvalue weighted by Gasteiger charge is 2.26. The zero-order chi connectivity index (χ0) is 9.90. The average Bonchev–Trinajstić information content (AvgIpc) is 2.02. The third-order valence-electron chi connectivity index (χ3n) is 2.09. The molecule has 1 unspecified atom stereocenters. The van der Waals surface area contributed by atoms with Crippen LogP contribution < -0.4 is 5.32 Å². The van der Waals surface area contributed by atoms with Crippen LogP contribution >= 0.6 is 0 Å². The molecule has 1 saturated heterocycles. The lowest BCUT2D eigenvalue weighted by Crippen LogP contribution is -2.54. The topological polar surface area (TPSA) is 59.3 Å². The van der Waals surface area contributed by atoms with E-state index in [2.05, 4.69) is 11.4 Å². The van der Waals surface area contributed by atoms with Crippen LogP contribution in [0.25, 0.3) is 0 Å². The number of aliphatic hydroxyl groups is 1. The van der Waals surface area contributed by atoms with Gasteiger partial charge in [0.05, 0.1) is 11.7 Å². The molecule has 1 fully saturated rings. The normalized spacial score (nSPS) is 25.5. The fourth-order valence-corrected chi connectivity index (χ4v) is 1.56. The molecular weight excluding hydrogens is 166 g/mol. The lowest BCUT2D eigenvalue weighted by molar-refractivity contribution is 0.0229. The quantitative estimate of drug-likeness (QED) is 0.609. The van der Waals surface area contributed by atoms with Crippen LogP contribution in [0.15, 0.2) is 0 Å². The number of β-amino-alcohol motifs (C(OH)–C–C–N with tert-alkyl or cyclic N) is 1. The van der Waals surface area contributed by atoms with Crippen LogP contribution in [-0.4, -0.2) is 47.8 Å². The van der Waals surface area contributed by atoms with Crippen LogP contribution in [0.3, 0.4) is 0 Å². The molecule has 1 atom stereocenters. The molecule has 4 heteroatoms. The van der Waals surface area contributed by atoms with Crippen molar-refractivity contribution >= 4 is 0 Å². The van der Waals surface area contributed by atoms with E-state index in [1.165, 1.54) is 0 Å². The summed E-state index contributed by atoms with van der Waals surface area (Å²) in [5.41, 5.74) is -0.716. The molecule has 0 aromatic rings. The minimum atomic E-state index is -0.716. The van der Waals surface area contributed by atoms with Gasteiger partial charge in [0.15, 0.2) is 0 Å². The van der Waals surface area contributed by atoms with E-state index in [9.17, 15) is 5.11 Å². The standard InChI is InChI=1S/C9H17N3O/c1-9(2,13)7-12-4-3-11-6-8(12)5-10/h8,11,13H,3-4,6-7H2,1-2H3. The molecule has 74 valence electrons. The molecule has 2 N–H and O–H groups in total. The SMILES string of the molecule is CC(C)(O)CN1CCNCC1C#N. The van der Waals surface area contributed by atoms with E-state index in [1.807, 2.05) is 4.90 Å². The van der Waals surface area contributed by atoms with Crippen molar-refractivity contribution in [3.05, 3.63) is 0 Å². The van der Waals surface area contributed by atoms with Crippen molar-refractivity contribution in [1.29, 1.82) is 5.26 Å². The van der Waals surface area contributed by atoms with E-state index >= 15 is 0 Å². The van der Waals surface area contributed by atoms with Crippen molar-refractivity contribution in [3.8, 4) is 6.07 Å². The number of hydrogen-bond donors (Lipinski definition) is 2. The van der Waals surface area contributed by atoms with Crippen LogP contribution in [0.4, 0.5) is 0 Å². The van der Waals surface area contributed by atoms with Gasteiger partial charge in [0.25, 0.3) is 0 Å². The van der Waals surface area contributed by atoms with Gasteiger partial charge in [0.2, 0.25) is 0 Å². The Balaban J connectivity index is 2.51. The summed E-state index contributed by atoms with van der Waals surface area (Å²) in [6, 6.07) is 2.13. The second kappa shape index (κ2) is 4.05. The van der Waals surface area contributed by atoms with E-state index < -0.39 is 5.60 Å². The van der Waals surface area contributed by atoms with Crippen molar-refractivity contribution < 1.29 is 5.11 Å². The predicted octanol–water partition coefficient (Wildman–Crippen LogP) is -0.445. The summed E-state index contributed by atoms with van der Waals surface area (Å²) >= 11 is 0. The van der Waals surface area contributed by atoms with E-state index in [-0.39, 0.29) is 6.04 Å². The number of piperazine rings is 1. The minimum absolute atomic E-state index is 0.0971. The maximum Gasteiger partial charge on any atom is 0.110 e. The molecule has 13 heavy (non-hydrogen) atoms. The first-order chi connectivity index (χ1) is 6.03. The zero-order valence-electron chi connectivity index (χ0n) is 8.25. The molecule has 0 aromatic carbocycles. The van der Waals surface area contributed by atoms with Crippen molar-refractivity contribution in [1.82, 2.24) is 10.2 Å². The van der Waals surface area contributed by atoms with Gasteiger partial charge in [-0.1, -0.05) is 0 Å². The third kappa shape index (κ3) is 3.31. The molecular formula is C9H17N3O. The molecule has 1 heterocycles. The Labute approximate surface area is 79.1 Å². The summed E-state index contributed by atoms with van der Waals surface area (Å²) < 4.78 is 0. The van der Waals surface area contributed by atoms with Gasteiger partial charge in [-0.25, -0.2) is 0 Å². The smallest absolute Gasteiger partial charge is 0.110 e. The summed E-state index contributed by atoms with van der Waals surface area (Å²) in [5, 5.41) is 21.6. The van der Waals surface area contributed by atoms with Gasteiger partial charge in [-0.15, -0.1) is 0 Å². The molecule has 0 saturated carbocycles. The second-order valence-electron chi connectivity index (χ2n) is 4.13. The fraction of sp³-hybridized carbons (Fsp3) is 0.889. The highest BCUT2D eigenvalue weighted by Crippen LogP contribution is 2.09. The molecule has 0 bridgehead atoms. The molecule has 0 aromatic heterocycles. The van der Waals surface area contributed by atoms with Gasteiger partial charge >= 0.3 is 0 Å². The molecule has 1 rings (SSSR count). The zero-order valence-corrected chi connectivity index (χ0v) is 8.25. The van der Waals surface area contributed by atoms with E-state index in [1.54, 1.807) is 13.8 Å². The van der Waals surface area contributed by atoms with Gasteiger partial charge in [-0.3, -0.25) is 4.90 Å². The largest absolute Gasteiger partial charge is 0.389 e. The fourth-order valence-electron chi connectivity index (χ4n) is 1.56. The van der Waals surface area contributed by atoms with Crippen molar-refractivity contribution in [2.75, 3.05) is 26.2 Å². The van der Waals surface area contributed by atoms with Gasteiger partial charge in [0.1, 0.15) is 6.04 Å². The highest BCUT2D eigenvalue weighted by molar-refractivity contribution is 4.97. The maximum atomic E-state index is 9.61. The number of nitriles is 1. The number of nitrogens with zero attached hydrogens (tertiary/aromatic N) is 2. The summed E-state index contributed by atoms with van der Waals surface area (Å²) in [7, 11) is 0. The summed E-state index contributed by atoms with van der Waals surface area (Å²) in [6.07, 6.45) is 0. The molecule has 0 radical (unpaired) electrons. The minimum Gasteiger partial charge on any atom is -0.389 e. The van der Waals surface area contributed by atoms with Crippen LogP contribution in [0.5, 0.6) is 0 Å². The van der Waals surface area contributed by atoms with Crippen LogP contribution in [0.1, 0.15) is 13.8 Å². The van der Waals surface area contributed by atoms with Crippen LogP contribution in [0.2, 0.25) is 0 Å². The highest BCUT2D eigenvalue weighted by atomic mass is 16.3. The van der Waals surface area contributed by atoms with Crippen molar-refractivity contribution in [2.24, 2.45) is 0 Å². The average molecular weight is 183 g/mol. The predicted molar refractivity (Wildman–Crippen MR) is 50.1 cm³/mol. The van der Waals surface area contributed by atoms with Gasteiger partial charge in [-0.05, 0) is 13.8 Å². The first kappa shape index (κ1) is 10.5. The lowest BCUT2D eigenvalue weighted by atomic mass is 10.1. The van der Waals surface area contributed by atoms with Crippen LogP contribution in [-0.2, 0) is 0 Å². The Hall–Kier alpha value is -0.630. The molecule has 1 aliphatic rings. The molecule has 0 aliphatic carbocycles. The monoisotopic (exact) mass is 183 g/mol. The Kier molecular flexibility index (Phi) is 3.26. The Morgan fingerprint density at radius 3 is 2.92 bits per heavy atom. The summed E-state index contributed by atoms with van der Waals surface area (Å²) in [6.45, 7) is 6.53. The lowest BCUT2D eigenvalue weighted by Gasteiger charge is -2.35. The second-order valence-corrected chi connectivity index (χ2v) is 4.13. The van der Waals surface area contributed by atoms with Crippen molar-refractivity contribution in [3.63, 3.8) is 0 Å². The molecule has 1 aliphatic heterocycles. The molecule has 4 nitrogen and oxygen atoms in total. The summed E-state index contributed by atoms with van der Waals surface area (Å²) in [5.74, 6) is 0. The first-order valence-corrected chi connectivity index (χ1v) is 4.60. The van der Waals surface area contributed by atoms with E-state index in [0.717, 1.165) is 13.1 Å². The number of nitrogens with one attached hydrogen (secondary N) is 1. The number of hydrogen-bond acceptors (Lipinski definition) is 4. The Morgan fingerprint density at radius 2 is 2.38 bits per heavy atom. The molecule has 0 amide bonds.